The number of piperidine rings is 1. The van der Waals surface area contributed by atoms with Crippen LogP contribution in [0.3, 0.4) is 0 Å². The first-order valence-corrected chi connectivity index (χ1v) is 12.1. The average molecular weight is 511 g/mol. The van der Waals surface area contributed by atoms with Gasteiger partial charge < -0.3 is 19.9 Å². The summed E-state index contributed by atoms with van der Waals surface area (Å²) in [5.74, 6) is 0.606. The second kappa shape index (κ2) is 8.62. The van der Waals surface area contributed by atoms with E-state index in [1.54, 1.807) is 18.3 Å². The topological polar surface area (TPSA) is 96.9 Å². The van der Waals surface area contributed by atoms with Crippen molar-refractivity contribution in [1.82, 2.24) is 30.4 Å². The lowest BCUT2D eigenvalue weighted by Gasteiger charge is -2.22. The Balaban J connectivity index is 1.67. The van der Waals surface area contributed by atoms with Crippen LogP contribution in [0.5, 0.6) is 5.75 Å². The van der Waals surface area contributed by atoms with Crippen LogP contribution in [-0.2, 0) is 7.05 Å². The number of fused-ring (bicyclic) bond motifs is 8. The van der Waals surface area contributed by atoms with Crippen LogP contribution in [0, 0.1) is 0 Å². The lowest BCUT2D eigenvalue weighted by atomic mass is 9.95. The number of methoxy groups -OCH3 is 1. The Kier molecular flexibility index (Phi) is 5.48. The normalized spacial score (nSPS) is 15.3. The lowest BCUT2D eigenvalue weighted by Crippen LogP contribution is -2.33. The standard InChI is InChI=1S/C26H25F3N6O2/c1-35-23-21-14(3-4-19-18(21)11-32-34-19)15-9-17(25(36)31-12-26(27,28)29)20(37-2)10-16(15)22(23)33-24(35)13-5-7-30-8-6-13/h3-4,9-11,13,30H,5-8,12H2,1-2H3,(H,31,36)(H,32,34). The first kappa shape index (κ1) is 23.5. The van der Waals surface area contributed by atoms with Crippen LogP contribution in [0.1, 0.15) is 34.9 Å². The quantitative estimate of drug-likeness (QED) is 0.309. The average Bonchev–Trinajstić information content (AvgIpc) is 3.51. The number of imidazole rings is 1. The van der Waals surface area contributed by atoms with Gasteiger partial charge in [-0.3, -0.25) is 9.89 Å². The van der Waals surface area contributed by atoms with Crippen LogP contribution in [0.25, 0.3) is 43.5 Å². The molecule has 0 atom stereocenters. The van der Waals surface area contributed by atoms with Gasteiger partial charge in [-0.05, 0) is 54.9 Å². The Morgan fingerprint density at radius 1 is 1.16 bits per heavy atom. The summed E-state index contributed by atoms with van der Waals surface area (Å²) < 4.78 is 46.0. The van der Waals surface area contributed by atoms with Crippen molar-refractivity contribution in [2.75, 3.05) is 26.7 Å². The van der Waals surface area contributed by atoms with Crippen molar-refractivity contribution in [1.29, 1.82) is 0 Å². The minimum absolute atomic E-state index is 0.0294. The number of halogens is 3. The molecule has 0 unspecified atom stereocenters. The van der Waals surface area contributed by atoms with Crippen LogP contribution in [0.4, 0.5) is 13.2 Å². The summed E-state index contributed by atoms with van der Waals surface area (Å²) in [6.45, 7) is 0.416. The first-order chi connectivity index (χ1) is 17.8. The molecule has 8 nitrogen and oxygen atoms in total. The number of nitrogens with one attached hydrogen (secondary N) is 3. The first-order valence-electron chi connectivity index (χ1n) is 12.1. The molecule has 3 N–H and O–H groups in total. The molecule has 3 aromatic carbocycles. The molecule has 1 saturated heterocycles. The number of aromatic nitrogens is 4. The molecule has 37 heavy (non-hydrogen) atoms. The van der Waals surface area contributed by atoms with E-state index in [0.29, 0.717) is 11.3 Å². The van der Waals surface area contributed by atoms with Crippen LogP contribution in [-0.4, -0.2) is 58.6 Å². The van der Waals surface area contributed by atoms with E-state index in [9.17, 15) is 18.0 Å². The number of benzene rings is 3. The fraction of sp³-hybridized carbons (Fsp3) is 0.346. The number of amides is 1. The van der Waals surface area contributed by atoms with E-state index in [4.69, 9.17) is 9.72 Å². The number of hydrogen-bond acceptors (Lipinski definition) is 5. The third-order valence-corrected chi connectivity index (χ3v) is 7.27. The van der Waals surface area contributed by atoms with Gasteiger partial charge in [0.15, 0.2) is 0 Å². The summed E-state index contributed by atoms with van der Waals surface area (Å²) in [7, 11) is 3.42. The maximum absolute atomic E-state index is 12.8. The summed E-state index contributed by atoms with van der Waals surface area (Å²) in [5.41, 5.74) is 2.59. The molecular formula is C26H25F3N6O2. The Hall–Kier alpha value is -3.86. The van der Waals surface area contributed by atoms with Crippen molar-refractivity contribution in [2.24, 2.45) is 7.05 Å². The second-order valence-electron chi connectivity index (χ2n) is 9.47. The molecule has 2 aromatic heterocycles. The summed E-state index contributed by atoms with van der Waals surface area (Å²) in [6, 6.07) is 7.16. The number of carbonyl (C=O) groups excluding carboxylic acids is 1. The van der Waals surface area contributed by atoms with Crippen molar-refractivity contribution in [3.05, 3.63) is 41.9 Å². The molecule has 0 radical (unpaired) electrons. The molecular weight excluding hydrogens is 485 g/mol. The number of H-pyrrole nitrogens is 1. The van der Waals surface area contributed by atoms with E-state index in [1.807, 2.05) is 24.5 Å². The largest absolute Gasteiger partial charge is 0.496 e. The van der Waals surface area contributed by atoms with Crippen LogP contribution in [0.2, 0.25) is 0 Å². The van der Waals surface area contributed by atoms with Crippen molar-refractivity contribution in [3.63, 3.8) is 0 Å². The SMILES string of the molecule is COc1cc2c(cc1C(=O)NCC(F)(F)F)c1ccc3[nH]ncc3c1c1c2nc(C2CCNCC2)n1C. The molecule has 1 amide bonds. The van der Waals surface area contributed by atoms with Crippen molar-refractivity contribution in [3.8, 4) is 5.75 Å². The van der Waals surface area contributed by atoms with Crippen LogP contribution < -0.4 is 15.4 Å². The van der Waals surface area contributed by atoms with Crippen molar-refractivity contribution in [2.45, 2.75) is 24.9 Å². The Morgan fingerprint density at radius 2 is 1.95 bits per heavy atom. The molecule has 1 aliphatic rings. The number of aryl methyl sites for hydroxylation is 1. The summed E-state index contributed by atoms with van der Waals surface area (Å²) in [5, 5.41) is 16.8. The number of carbonyl (C=O) groups is 1. The maximum Gasteiger partial charge on any atom is 0.405 e. The van der Waals surface area contributed by atoms with Crippen molar-refractivity contribution >= 4 is 49.4 Å². The van der Waals surface area contributed by atoms with E-state index < -0.39 is 18.6 Å². The zero-order valence-electron chi connectivity index (χ0n) is 20.3. The van der Waals surface area contributed by atoms with Gasteiger partial charge in [0.25, 0.3) is 5.91 Å². The number of aromatic amines is 1. The van der Waals surface area contributed by atoms with E-state index in [-0.39, 0.29) is 11.3 Å². The number of alkyl halides is 3. The fourth-order valence-corrected chi connectivity index (χ4v) is 5.55. The Morgan fingerprint density at radius 3 is 2.68 bits per heavy atom. The third-order valence-electron chi connectivity index (χ3n) is 7.27. The van der Waals surface area contributed by atoms with Gasteiger partial charge in [0, 0.05) is 29.1 Å². The third kappa shape index (κ3) is 3.85. The van der Waals surface area contributed by atoms with E-state index in [0.717, 1.165) is 69.9 Å². The lowest BCUT2D eigenvalue weighted by molar-refractivity contribution is -0.123. The van der Waals surface area contributed by atoms with Gasteiger partial charge >= 0.3 is 6.18 Å². The molecule has 0 spiro atoms. The van der Waals surface area contributed by atoms with Crippen LogP contribution in [0.15, 0.2) is 30.5 Å². The molecule has 5 aromatic rings. The van der Waals surface area contributed by atoms with Gasteiger partial charge in [0.1, 0.15) is 18.1 Å². The minimum Gasteiger partial charge on any atom is -0.496 e. The molecule has 192 valence electrons. The predicted molar refractivity (Wildman–Crippen MR) is 135 cm³/mol. The maximum atomic E-state index is 12.8. The van der Waals surface area contributed by atoms with Crippen molar-refractivity contribution < 1.29 is 22.7 Å². The minimum atomic E-state index is -4.52. The fourth-order valence-electron chi connectivity index (χ4n) is 5.55. The zero-order chi connectivity index (χ0) is 25.9. The highest BCUT2D eigenvalue weighted by Crippen LogP contribution is 2.42. The van der Waals surface area contributed by atoms with E-state index >= 15 is 0 Å². The van der Waals surface area contributed by atoms with Gasteiger partial charge in [-0.25, -0.2) is 4.98 Å². The number of ether oxygens (including phenoxy) is 1. The second-order valence-corrected chi connectivity index (χ2v) is 9.47. The van der Waals surface area contributed by atoms with Gasteiger partial charge in [-0.2, -0.15) is 18.3 Å². The van der Waals surface area contributed by atoms with E-state index in [1.165, 1.54) is 7.11 Å². The van der Waals surface area contributed by atoms with Gasteiger partial charge in [-0.1, -0.05) is 6.07 Å². The molecule has 0 bridgehead atoms. The highest BCUT2D eigenvalue weighted by Gasteiger charge is 2.29. The van der Waals surface area contributed by atoms with Crippen LogP contribution >= 0.6 is 0 Å². The summed E-state index contributed by atoms with van der Waals surface area (Å²) in [6.07, 6.45) is -0.812. The molecule has 6 rings (SSSR count). The van der Waals surface area contributed by atoms with Gasteiger partial charge in [0.2, 0.25) is 0 Å². The highest BCUT2D eigenvalue weighted by molar-refractivity contribution is 6.30. The number of nitrogens with zero attached hydrogens (tertiary/aromatic N) is 3. The van der Waals surface area contributed by atoms with Gasteiger partial charge in [-0.15, -0.1) is 0 Å². The Bertz CT molecular complexity index is 1680. The molecule has 3 heterocycles. The predicted octanol–water partition coefficient (Wildman–Crippen LogP) is 4.52. The molecule has 11 heteroatoms. The molecule has 0 saturated carbocycles. The summed E-state index contributed by atoms with van der Waals surface area (Å²) >= 11 is 0. The summed E-state index contributed by atoms with van der Waals surface area (Å²) in [4.78, 5) is 17.9. The molecule has 1 fully saturated rings. The molecule has 0 aliphatic carbocycles. The smallest absolute Gasteiger partial charge is 0.405 e. The zero-order valence-corrected chi connectivity index (χ0v) is 20.3. The number of rotatable bonds is 4. The highest BCUT2D eigenvalue weighted by atomic mass is 19.4. The monoisotopic (exact) mass is 510 g/mol. The molecule has 1 aliphatic heterocycles. The van der Waals surface area contributed by atoms with Gasteiger partial charge in [0.05, 0.1) is 35.4 Å². The Labute approximate surface area is 209 Å². The number of hydrogen-bond donors (Lipinski definition) is 3. The van der Waals surface area contributed by atoms with E-state index in [2.05, 4.69) is 20.1 Å².